The molecule has 16 heteroatoms. The molecule has 0 aliphatic carbocycles. The molecule has 3 aromatic rings. The number of aromatic nitrogens is 4. The van der Waals surface area contributed by atoms with Gasteiger partial charge in [-0.25, -0.2) is 23.4 Å². The second-order valence-corrected chi connectivity index (χ2v) is 8.53. The van der Waals surface area contributed by atoms with Crippen molar-refractivity contribution in [2.75, 3.05) is 12.3 Å². The molecule has 2 aromatic heterocycles. The molecule has 1 aliphatic heterocycles. The van der Waals surface area contributed by atoms with E-state index >= 15 is 0 Å². The Morgan fingerprint density at radius 3 is 2.71 bits per heavy atom. The Hall–Kier alpha value is -2.37. The average Bonchev–Trinajstić information content (AvgIpc) is 3.29. The van der Waals surface area contributed by atoms with Crippen LogP contribution in [0.4, 0.5) is 5.82 Å². The number of nitrogens with two attached hydrogens (primary N) is 1. The molecule has 0 saturated carbocycles. The van der Waals surface area contributed by atoms with Crippen LogP contribution in [0.2, 0.25) is 0 Å². The summed E-state index contributed by atoms with van der Waals surface area (Å²) in [7, 11) is -4.76. The number of phenols is 1. The standard InChI is InChI=1S/C18H20N6O8S.Na/c1-8-2-3-9(10(25)4-8)17(28)23-33(29,30)31-5-11-13(26)14(27)18(32-11)24-7-22-12-15(19)20-6-21-16(12)24;/h2-4,6-7,11,13-14,18,26-27H,5H2,1H3,(H4,19,20,21,23,25,28);/q;+1/p-1/t11-,13-,14-,18-;/m1./s1. The number of benzene rings is 1. The Morgan fingerprint density at radius 1 is 1.26 bits per heavy atom. The molecular formula is C18H19N6NaO8S. The Balaban J connectivity index is 0.00000324. The zero-order valence-electron chi connectivity index (χ0n) is 18.0. The maximum Gasteiger partial charge on any atom is 1.00 e. The van der Waals surface area contributed by atoms with Crippen molar-refractivity contribution >= 4 is 33.2 Å². The van der Waals surface area contributed by atoms with E-state index in [1.54, 1.807) is 6.92 Å². The van der Waals surface area contributed by atoms with Gasteiger partial charge in [-0.1, -0.05) is 6.07 Å². The van der Waals surface area contributed by atoms with Crippen LogP contribution in [0.25, 0.3) is 15.9 Å². The molecule has 1 aromatic carbocycles. The number of hydrogen-bond acceptors (Lipinski definition) is 12. The SMILES string of the molecule is Cc1ccc(C(=O)[N-]S(=O)(=O)OC[C@H]2O[C@@H](n3cnc4c(N)ncnc43)[C@H](O)[C@@H]2O)c(O)c1.[Na+]. The topological polar surface area (TPSA) is 214 Å². The molecule has 176 valence electrons. The number of aliphatic hydroxyl groups is 2. The van der Waals surface area contributed by atoms with E-state index in [0.29, 0.717) is 5.56 Å². The summed E-state index contributed by atoms with van der Waals surface area (Å²) in [5, 5.41) is 30.5. The van der Waals surface area contributed by atoms with E-state index in [4.69, 9.17) is 14.7 Å². The summed E-state index contributed by atoms with van der Waals surface area (Å²) in [6.07, 6.45) is -3.05. The first-order chi connectivity index (χ1) is 15.6. The number of fused-ring (bicyclic) bond motifs is 1. The maximum absolute atomic E-state index is 12.1. The first kappa shape index (κ1) is 26.2. The summed E-state index contributed by atoms with van der Waals surface area (Å²) in [5.41, 5.74) is 6.54. The molecule has 1 fully saturated rings. The molecule has 1 aliphatic rings. The van der Waals surface area contributed by atoms with Gasteiger partial charge in [0, 0.05) is 5.56 Å². The number of carbonyl (C=O) groups excluding carboxylic acids is 1. The molecule has 14 nitrogen and oxygen atoms in total. The Bertz CT molecular complexity index is 1320. The minimum absolute atomic E-state index is 0. The van der Waals surface area contributed by atoms with E-state index in [0.717, 1.165) is 0 Å². The second kappa shape index (κ2) is 10.1. The van der Waals surface area contributed by atoms with Crippen molar-refractivity contribution in [3.63, 3.8) is 0 Å². The molecule has 0 bridgehead atoms. The number of aromatic hydroxyl groups is 1. The van der Waals surface area contributed by atoms with Crippen molar-refractivity contribution in [3.8, 4) is 5.75 Å². The Labute approximate surface area is 215 Å². The largest absolute Gasteiger partial charge is 1.00 e. The van der Waals surface area contributed by atoms with Gasteiger partial charge in [-0.15, -0.1) is 0 Å². The minimum Gasteiger partial charge on any atom is -0.518 e. The molecular weight excluding hydrogens is 483 g/mol. The number of nitrogen functional groups attached to an aromatic ring is 1. The number of aliphatic hydroxyl groups excluding tert-OH is 2. The predicted octanol–water partition coefficient (Wildman–Crippen LogP) is -3.48. The number of anilines is 1. The van der Waals surface area contributed by atoms with Crippen LogP contribution in [0.3, 0.4) is 0 Å². The van der Waals surface area contributed by atoms with Crippen LogP contribution in [0.1, 0.15) is 22.1 Å². The first-order valence-corrected chi connectivity index (χ1v) is 10.8. The van der Waals surface area contributed by atoms with Crippen molar-refractivity contribution in [3.05, 3.63) is 46.7 Å². The fraction of sp³-hybridized carbons (Fsp3) is 0.333. The van der Waals surface area contributed by atoms with Gasteiger partial charge >= 0.3 is 29.6 Å². The van der Waals surface area contributed by atoms with Crippen LogP contribution in [0, 0.1) is 6.92 Å². The summed E-state index contributed by atoms with van der Waals surface area (Å²) < 4.78 is 38.8. The van der Waals surface area contributed by atoms with Crippen LogP contribution in [-0.2, 0) is 19.2 Å². The van der Waals surface area contributed by atoms with Crippen molar-refractivity contribution in [2.24, 2.45) is 0 Å². The van der Waals surface area contributed by atoms with Crippen molar-refractivity contribution in [2.45, 2.75) is 31.5 Å². The number of ether oxygens (including phenoxy) is 1. The van der Waals surface area contributed by atoms with Crippen LogP contribution in [0.15, 0.2) is 30.9 Å². The Kier molecular flexibility index (Phi) is 7.79. The molecule has 4 atom stereocenters. The molecule has 0 radical (unpaired) electrons. The molecule has 1 amide bonds. The summed E-state index contributed by atoms with van der Waals surface area (Å²) in [6.45, 7) is 0.922. The molecule has 0 spiro atoms. The van der Waals surface area contributed by atoms with E-state index in [1.165, 1.54) is 35.4 Å². The summed E-state index contributed by atoms with van der Waals surface area (Å²) in [5.74, 6) is -1.57. The first-order valence-electron chi connectivity index (χ1n) is 9.48. The van der Waals surface area contributed by atoms with Crippen molar-refractivity contribution in [1.29, 1.82) is 0 Å². The number of hydrogen-bond donors (Lipinski definition) is 4. The van der Waals surface area contributed by atoms with Gasteiger partial charge in [0.2, 0.25) is 10.3 Å². The molecule has 4 rings (SSSR count). The molecule has 0 unspecified atom stereocenters. The van der Waals surface area contributed by atoms with E-state index in [2.05, 4.69) is 19.7 Å². The van der Waals surface area contributed by atoms with Gasteiger partial charge < -0.3 is 35.3 Å². The molecule has 1 saturated heterocycles. The number of amides is 1. The minimum atomic E-state index is -4.76. The van der Waals surface area contributed by atoms with E-state index in [9.17, 15) is 28.5 Å². The van der Waals surface area contributed by atoms with Gasteiger partial charge in [-0.2, -0.15) is 0 Å². The third kappa shape index (κ3) is 5.16. The number of phenolic OH excluding ortho intramolecular Hbond substituents is 1. The van der Waals surface area contributed by atoms with Gasteiger partial charge in [0.15, 0.2) is 17.7 Å². The van der Waals surface area contributed by atoms with Crippen molar-refractivity contribution in [1.82, 2.24) is 19.5 Å². The second-order valence-electron chi connectivity index (χ2n) is 7.26. The smallest absolute Gasteiger partial charge is 0.518 e. The van der Waals surface area contributed by atoms with Crippen LogP contribution >= 0.6 is 0 Å². The maximum atomic E-state index is 12.1. The van der Waals surface area contributed by atoms with Gasteiger partial charge in [0.25, 0.3) is 0 Å². The normalized spacial score (nSPS) is 22.4. The van der Waals surface area contributed by atoms with E-state index < -0.39 is 53.1 Å². The van der Waals surface area contributed by atoms with Crippen LogP contribution in [-0.4, -0.2) is 74.1 Å². The van der Waals surface area contributed by atoms with Gasteiger partial charge in [-0.05, 0) is 24.6 Å². The molecule has 3 heterocycles. The monoisotopic (exact) mass is 502 g/mol. The number of nitrogens with zero attached hydrogens (tertiary/aromatic N) is 5. The fourth-order valence-corrected chi connectivity index (χ4v) is 3.97. The number of imidazole rings is 1. The van der Waals surface area contributed by atoms with Crippen LogP contribution < -0.4 is 35.3 Å². The van der Waals surface area contributed by atoms with Gasteiger partial charge in [0.05, 0.1) is 18.8 Å². The quantitative estimate of drug-likeness (QED) is 0.242. The van der Waals surface area contributed by atoms with Crippen molar-refractivity contribution < 1.29 is 67.0 Å². The van der Waals surface area contributed by atoms with E-state index in [-0.39, 0.29) is 52.1 Å². The average molecular weight is 502 g/mol. The van der Waals surface area contributed by atoms with Gasteiger partial charge in [0.1, 0.15) is 35.9 Å². The predicted molar refractivity (Wildman–Crippen MR) is 111 cm³/mol. The zero-order valence-corrected chi connectivity index (χ0v) is 20.8. The van der Waals surface area contributed by atoms with Gasteiger partial charge in [-0.3, -0.25) is 8.75 Å². The summed E-state index contributed by atoms with van der Waals surface area (Å²) in [4.78, 5) is 24.0. The third-order valence-electron chi connectivity index (χ3n) is 4.96. The fourth-order valence-electron chi connectivity index (χ4n) is 3.31. The Morgan fingerprint density at radius 2 is 2.00 bits per heavy atom. The number of aryl methyl sites for hydroxylation is 1. The zero-order chi connectivity index (χ0) is 23.9. The number of carbonyl (C=O) groups is 1. The summed E-state index contributed by atoms with van der Waals surface area (Å²) >= 11 is 0. The third-order valence-corrected chi connectivity index (χ3v) is 5.78. The number of rotatable bonds is 6. The van der Waals surface area contributed by atoms with E-state index in [1.807, 2.05) is 0 Å². The molecule has 5 N–H and O–H groups in total. The molecule has 34 heavy (non-hydrogen) atoms. The van der Waals surface area contributed by atoms with Crippen LogP contribution in [0.5, 0.6) is 5.75 Å². The summed E-state index contributed by atoms with van der Waals surface area (Å²) in [6, 6.07) is 4.00.